The number of benzene rings is 2. The van der Waals surface area contributed by atoms with Crippen molar-refractivity contribution in [2.45, 2.75) is 0 Å². The minimum atomic E-state index is -0.532. The first-order chi connectivity index (χ1) is 12.2. The number of nitrogens with zero attached hydrogens (tertiary/aromatic N) is 2. The smallest absolute Gasteiger partial charge is 0.258 e. The lowest BCUT2D eigenvalue weighted by molar-refractivity contribution is -0.119. The number of hydrogen-bond donors (Lipinski definition) is 1. The van der Waals surface area contributed by atoms with Crippen molar-refractivity contribution >= 4 is 5.91 Å². The van der Waals surface area contributed by atoms with E-state index in [2.05, 4.69) is 10.1 Å². The molecular formula is C17H13N3O5. The largest absolute Gasteiger partial charge is 0.484 e. The SMILES string of the molecule is NC(=O)COc1ccc(-c2noc(-c3ccc4c(c3)OCO4)n2)cc1. The summed E-state index contributed by atoms with van der Waals surface area (Å²) in [7, 11) is 0. The zero-order valence-corrected chi connectivity index (χ0v) is 13.0. The summed E-state index contributed by atoms with van der Waals surface area (Å²) in [4.78, 5) is 15.1. The van der Waals surface area contributed by atoms with Gasteiger partial charge in [-0.15, -0.1) is 0 Å². The molecule has 2 N–H and O–H groups in total. The highest BCUT2D eigenvalue weighted by atomic mass is 16.7. The summed E-state index contributed by atoms with van der Waals surface area (Å²) in [5, 5.41) is 3.99. The van der Waals surface area contributed by atoms with E-state index in [0.29, 0.717) is 29.0 Å². The van der Waals surface area contributed by atoms with Gasteiger partial charge in [-0.3, -0.25) is 4.79 Å². The summed E-state index contributed by atoms with van der Waals surface area (Å²) in [5.74, 6) is 2.15. The van der Waals surface area contributed by atoms with E-state index in [9.17, 15) is 4.79 Å². The van der Waals surface area contributed by atoms with Crippen molar-refractivity contribution in [3.05, 3.63) is 42.5 Å². The number of rotatable bonds is 5. The summed E-state index contributed by atoms with van der Waals surface area (Å²) in [5.41, 5.74) is 6.53. The van der Waals surface area contributed by atoms with Gasteiger partial charge in [0.05, 0.1) is 0 Å². The second-order valence-corrected chi connectivity index (χ2v) is 5.27. The molecule has 25 heavy (non-hydrogen) atoms. The molecule has 1 aliphatic rings. The second kappa shape index (κ2) is 6.16. The minimum absolute atomic E-state index is 0.171. The Bertz CT molecular complexity index is 920. The molecule has 2 aromatic carbocycles. The van der Waals surface area contributed by atoms with E-state index < -0.39 is 5.91 Å². The highest BCUT2D eigenvalue weighted by molar-refractivity contribution is 5.75. The molecule has 0 atom stereocenters. The van der Waals surface area contributed by atoms with E-state index in [-0.39, 0.29) is 13.4 Å². The second-order valence-electron chi connectivity index (χ2n) is 5.27. The van der Waals surface area contributed by atoms with E-state index in [4.69, 9.17) is 24.5 Å². The van der Waals surface area contributed by atoms with Crippen molar-refractivity contribution in [2.24, 2.45) is 5.73 Å². The molecule has 126 valence electrons. The molecule has 3 aromatic rings. The van der Waals surface area contributed by atoms with Crippen molar-refractivity contribution in [3.8, 4) is 40.1 Å². The van der Waals surface area contributed by atoms with Crippen LogP contribution in [-0.4, -0.2) is 29.4 Å². The van der Waals surface area contributed by atoms with Gasteiger partial charge < -0.3 is 24.5 Å². The van der Waals surface area contributed by atoms with Crippen molar-refractivity contribution < 1.29 is 23.5 Å². The van der Waals surface area contributed by atoms with Gasteiger partial charge in [0.1, 0.15) is 5.75 Å². The summed E-state index contributed by atoms with van der Waals surface area (Å²) in [6.45, 7) is 0.0356. The predicted octanol–water partition coefficient (Wildman–Crippen LogP) is 2.00. The summed E-state index contributed by atoms with van der Waals surface area (Å²) in [6.07, 6.45) is 0. The van der Waals surface area contributed by atoms with Crippen LogP contribution in [0, 0.1) is 0 Å². The van der Waals surface area contributed by atoms with Gasteiger partial charge in [0, 0.05) is 11.1 Å². The number of nitrogens with two attached hydrogens (primary N) is 1. The quantitative estimate of drug-likeness (QED) is 0.757. The van der Waals surface area contributed by atoms with Crippen LogP contribution >= 0.6 is 0 Å². The fraction of sp³-hybridized carbons (Fsp3) is 0.118. The molecule has 0 fully saturated rings. The Morgan fingerprint density at radius 2 is 1.84 bits per heavy atom. The van der Waals surface area contributed by atoms with Crippen LogP contribution in [0.3, 0.4) is 0 Å². The third-order valence-corrected chi connectivity index (χ3v) is 3.54. The Balaban J connectivity index is 1.54. The molecule has 1 aromatic heterocycles. The van der Waals surface area contributed by atoms with Crippen molar-refractivity contribution in [2.75, 3.05) is 13.4 Å². The zero-order valence-electron chi connectivity index (χ0n) is 13.0. The maximum atomic E-state index is 10.7. The van der Waals surface area contributed by atoms with E-state index in [0.717, 1.165) is 11.1 Å². The fourth-order valence-electron chi connectivity index (χ4n) is 2.34. The molecule has 4 rings (SSSR count). The maximum Gasteiger partial charge on any atom is 0.258 e. The van der Waals surface area contributed by atoms with Gasteiger partial charge in [0.25, 0.3) is 11.8 Å². The maximum absolute atomic E-state index is 10.7. The summed E-state index contributed by atoms with van der Waals surface area (Å²) >= 11 is 0. The number of carbonyl (C=O) groups is 1. The molecule has 2 heterocycles. The van der Waals surface area contributed by atoms with Gasteiger partial charge in [-0.05, 0) is 42.5 Å². The molecule has 8 nitrogen and oxygen atoms in total. The van der Waals surface area contributed by atoms with Gasteiger partial charge in [-0.25, -0.2) is 0 Å². The van der Waals surface area contributed by atoms with Gasteiger partial charge in [0.2, 0.25) is 12.6 Å². The Kier molecular flexibility index (Phi) is 3.70. The molecule has 1 aliphatic heterocycles. The summed E-state index contributed by atoms with van der Waals surface area (Å²) < 4.78 is 21.2. The third kappa shape index (κ3) is 3.09. The third-order valence-electron chi connectivity index (χ3n) is 3.54. The van der Waals surface area contributed by atoms with E-state index >= 15 is 0 Å². The van der Waals surface area contributed by atoms with Crippen molar-refractivity contribution in [3.63, 3.8) is 0 Å². The minimum Gasteiger partial charge on any atom is -0.484 e. The molecule has 8 heteroatoms. The molecule has 1 amide bonds. The monoisotopic (exact) mass is 339 g/mol. The zero-order chi connectivity index (χ0) is 17.2. The lowest BCUT2D eigenvalue weighted by atomic mass is 10.2. The highest BCUT2D eigenvalue weighted by Crippen LogP contribution is 2.35. The molecule has 0 spiro atoms. The average molecular weight is 339 g/mol. The molecule has 0 radical (unpaired) electrons. The Hall–Kier alpha value is -3.55. The van der Waals surface area contributed by atoms with E-state index in [1.54, 1.807) is 36.4 Å². The highest BCUT2D eigenvalue weighted by Gasteiger charge is 2.17. The van der Waals surface area contributed by atoms with Crippen LogP contribution in [0.1, 0.15) is 0 Å². The number of primary amides is 1. The van der Waals surface area contributed by atoms with Crippen molar-refractivity contribution in [1.29, 1.82) is 0 Å². The number of amides is 1. The Morgan fingerprint density at radius 1 is 1.08 bits per heavy atom. The van der Waals surface area contributed by atoms with Crippen molar-refractivity contribution in [1.82, 2.24) is 10.1 Å². The molecule has 0 saturated heterocycles. The first kappa shape index (κ1) is 15.0. The number of carbonyl (C=O) groups excluding carboxylic acids is 1. The number of fused-ring (bicyclic) bond motifs is 1. The van der Waals surface area contributed by atoms with Crippen LogP contribution in [0.2, 0.25) is 0 Å². The molecular weight excluding hydrogens is 326 g/mol. The molecule has 0 aliphatic carbocycles. The standard InChI is InChI=1S/C17H13N3O5/c18-15(21)8-22-12-4-1-10(2-5-12)16-19-17(25-20-16)11-3-6-13-14(7-11)24-9-23-13/h1-7H,8-9H2,(H2,18,21). The first-order valence-electron chi connectivity index (χ1n) is 7.44. The van der Waals surface area contributed by atoms with Crippen LogP contribution in [-0.2, 0) is 4.79 Å². The van der Waals surface area contributed by atoms with Crippen LogP contribution < -0.4 is 19.9 Å². The van der Waals surface area contributed by atoms with Crippen LogP contribution in [0.5, 0.6) is 17.2 Å². The van der Waals surface area contributed by atoms with Gasteiger partial charge in [-0.1, -0.05) is 5.16 Å². The molecule has 0 saturated carbocycles. The average Bonchev–Trinajstić information content (AvgIpc) is 3.29. The molecule has 0 unspecified atom stereocenters. The van der Waals surface area contributed by atoms with Crippen LogP contribution in [0.15, 0.2) is 47.0 Å². The topological polar surface area (TPSA) is 110 Å². The molecule has 0 bridgehead atoms. The van der Waals surface area contributed by atoms with Crippen LogP contribution in [0.25, 0.3) is 22.8 Å². The predicted molar refractivity (Wildman–Crippen MR) is 86.0 cm³/mol. The Morgan fingerprint density at radius 3 is 2.64 bits per heavy atom. The Labute approximate surface area is 142 Å². The number of aromatic nitrogens is 2. The number of ether oxygens (including phenoxy) is 3. The lowest BCUT2D eigenvalue weighted by Gasteiger charge is -2.03. The summed E-state index contributed by atoms with van der Waals surface area (Å²) in [6, 6.07) is 12.4. The van der Waals surface area contributed by atoms with Gasteiger partial charge in [0.15, 0.2) is 18.1 Å². The normalized spacial score (nSPS) is 12.2. The lowest BCUT2D eigenvalue weighted by Crippen LogP contribution is -2.19. The fourth-order valence-corrected chi connectivity index (χ4v) is 2.34. The van der Waals surface area contributed by atoms with E-state index in [1.165, 1.54) is 0 Å². The van der Waals surface area contributed by atoms with Crippen LogP contribution in [0.4, 0.5) is 0 Å². The van der Waals surface area contributed by atoms with E-state index in [1.807, 2.05) is 6.07 Å². The van der Waals surface area contributed by atoms with Gasteiger partial charge >= 0.3 is 0 Å². The number of hydrogen-bond acceptors (Lipinski definition) is 7. The van der Waals surface area contributed by atoms with Gasteiger partial charge in [-0.2, -0.15) is 4.98 Å². The first-order valence-corrected chi connectivity index (χ1v) is 7.44.